The number of hydrogen-bond donors (Lipinski definition) is 1. The summed E-state index contributed by atoms with van der Waals surface area (Å²) in [6, 6.07) is 4.43. The minimum atomic E-state index is 0.0231. The van der Waals surface area contributed by atoms with Gasteiger partial charge in [-0.3, -0.25) is 14.7 Å². The van der Waals surface area contributed by atoms with Gasteiger partial charge in [0.2, 0.25) is 0 Å². The summed E-state index contributed by atoms with van der Waals surface area (Å²) in [5.41, 5.74) is 1.77. The van der Waals surface area contributed by atoms with E-state index in [1.54, 1.807) is 18.7 Å². The first-order chi connectivity index (χ1) is 12.3. The number of aromatic nitrogens is 3. The molecule has 2 aromatic heterocycles. The quantitative estimate of drug-likeness (QED) is 0.911. The number of nitrogens with zero attached hydrogens (tertiary/aromatic N) is 4. The molecule has 2 aliphatic rings. The molecule has 0 unspecified atom stereocenters. The summed E-state index contributed by atoms with van der Waals surface area (Å²) in [4.78, 5) is 28.1. The highest BCUT2D eigenvalue weighted by molar-refractivity contribution is 5.92. The fourth-order valence-corrected chi connectivity index (χ4v) is 3.83. The van der Waals surface area contributed by atoms with Gasteiger partial charge in [0.05, 0.1) is 25.2 Å². The molecule has 0 bridgehead atoms. The van der Waals surface area contributed by atoms with Crippen molar-refractivity contribution in [3.63, 3.8) is 0 Å². The zero-order valence-electron chi connectivity index (χ0n) is 14.2. The van der Waals surface area contributed by atoms with E-state index in [0.29, 0.717) is 11.7 Å². The van der Waals surface area contributed by atoms with Crippen LogP contribution >= 0.6 is 0 Å². The first-order valence-corrected chi connectivity index (χ1v) is 8.83. The maximum Gasteiger partial charge on any atom is 0.271 e. The molecule has 25 heavy (non-hydrogen) atoms. The third kappa shape index (κ3) is 3.57. The van der Waals surface area contributed by atoms with Gasteiger partial charge in [-0.2, -0.15) is 0 Å². The highest BCUT2D eigenvalue weighted by Crippen LogP contribution is 2.25. The smallest absolute Gasteiger partial charge is 0.271 e. The van der Waals surface area contributed by atoms with Gasteiger partial charge < -0.3 is 14.6 Å². The predicted octanol–water partition coefficient (Wildman–Crippen LogP) is 1.31. The van der Waals surface area contributed by atoms with Gasteiger partial charge in [0, 0.05) is 44.6 Å². The van der Waals surface area contributed by atoms with E-state index < -0.39 is 0 Å². The van der Waals surface area contributed by atoms with Crippen LogP contribution in [-0.4, -0.2) is 69.0 Å². The number of amides is 1. The van der Waals surface area contributed by atoms with E-state index in [2.05, 4.69) is 25.9 Å². The van der Waals surface area contributed by atoms with Crippen molar-refractivity contribution in [3.05, 3.63) is 48.3 Å². The lowest BCUT2D eigenvalue weighted by atomic mass is 10.0. The van der Waals surface area contributed by atoms with Crippen LogP contribution in [0, 0.1) is 0 Å². The summed E-state index contributed by atoms with van der Waals surface area (Å²) >= 11 is 0. The second kappa shape index (κ2) is 7.33. The number of ether oxygens (including phenoxy) is 1. The van der Waals surface area contributed by atoms with Crippen molar-refractivity contribution in [2.75, 3.05) is 26.2 Å². The van der Waals surface area contributed by atoms with Gasteiger partial charge in [-0.05, 0) is 24.5 Å². The lowest BCUT2D eigenvalue weighted by molar-refractivity contribution is -0.0746. The Bertz CT molecular complexity index is 691. The molecule has 2 aliphatic heterocycles. The summed E-state index contributed by atoms with van der Waals surface area (Å²) in [6.45, 7) is 4.01. The number of carbonyl (C=O) groups is 1. The standard InChI is InChI=1S/C18H23N5O2/c24-18(15-11-20-13-21-15)22-6-3-16-17(4-7-22)25-9-8-23(16)12-14-2-1-5-19-10-14/h1-2,5,10-11,13,16-17H,3-4,6-9,12H2,(H,20,21)/t16-,17-/m0/s1. The van der Waals surface area contributed by atoms with E-state index >= 15 is 0 Å². The van der Waals surface area contributed by atoms with E-state index in [1.807, 2.05) is 17.2 Å². The Balaban J connectivity index is 1.44. The number of morpholine rings is 1. The number of fused-ring (bicyclic) bond motifs is 1. The Labute approximate surface area is 147 Å². The lowest BCUT2D eigenvalue weighted by Crippen LogP contribution is -2.50. The topological polar surface area (TPSA) is 74.3 Å². The highest BCUT2D eigenvalue weighted by atomic mass is 16.5. The van der Waals surface area contributed by atoms with Crippen LogP contribution in [0.25, 0.3) is 0 Å². The van der Waals surface area contributed by atoms with E-state index in [9.17, 15) is 4.79 Å². The van der Waals surface area contributed by atoms with Gasteiger partial charge in [-0.15, -0.1) is 0 Å². The van der Waals surface area contributed by atoms with Crippen molar-refractivity contribution in [1.82, 2.24) is 24.8 Å². The molecule has 2 aromatic rings. The zero-order valence-corrected chi connectivity index (χ0v) is 14.2. The van der Waals surface area contributed by atoms with Crippen LogP contribution < -0.4 is 0 Å². The average molecular weight is 341 g/mol. The molecule has 4 rings (SSSR count). The van der Waals surface area contributed by atoms with E-state index in [1.165, 1.54) is 5.56 Å². The average Bonchev–Trinajstić information content (AvgIpc) is 3.09. The molecule has 2 fully saturated rings. The maximum atomic E-state index is 12.6. The van der Waals surface area contributed by atoms with Crippen LogP contribution in [-0.2, 0) is 11.3 Å². The second-order valence-corrected chi connectivity index (χ2v) is 6.64. The molecule has 7 heteroatoms. The molecular formula is C18H23N5O2. The minimum Gasteiger partial charge on any atom is -0.375 e. The molecule has 2 saturated heterocycles. The summed E-state index contributed by atoms with van der Waals surface area (Å²) < 4.78 is 6.03. The van der Waals surface area contributed by atoms with Crippen LogP contribution in [0.2, 0.25) is 0 Å². The monoisotopic (exact) mass is 341 g/mol. The molecule has 0 spiro atoms. The Kier molecular flexibility index (Phi) is 4.76. The van der Waals surface area contributed by atoms with Crippen molar-refractivity contribution in [2.45, 2.75) is 31.5 Å². The predicted molar refractivity (Wildman–Crippen MR) is 91.9 cm³/mol. The zero-order chi connectivity index (χ0) is 17.1. The molecule has 132 valence electrons. The minimum absolute atomic E-state index is 0.0231. The number of imidazole rings is 1. The normalized spacial score (nSPS) is 24.6. The number of pyridine rings is 1. The second-order valence-electron chi connectivity index (χ2n) is 6.64. The van der Waals surface area contributed by atoms with Crippen molar-refractivity contribution < 1.29 is 9.53 Å². The van der Waals surface area contributed by atoms with E-state index in [0.717, 1.165) is 45.6 Å². The van der Waals surface area contributed by atoms with Gasteiger partial charge in [0.1, 0.15) is 5.69 Å². The van der Waals surface area contributed by atoms with Crippen molar-refractivity contribution in [1.29, 1.82) is 0 Å². The lowest BCUT2D eigenvalue weighted by Gasteiger charge is -2.40. The van der Waals surface area contributed by atoms with Crippen LogP contribution in [0.15, 0.2) is 37.1 Å². The number of aromatic amines is 1. The summed E-state index contributed by atoms with van der Waals surface area (Å²) in [5, 5.41) is 0. The maximum absolute atomic E-state index is 12.6. The highest BCUT2D eigenvalue weighted by Gasteiger charge is 2.35. The molecule has 0 radical (unpaired) electrons. The number of hydrogen-bond acceptors (Lipinski definition) is 5. The molecule has 2 atom stereocenters. The number of H-pyrrole nitrogens is 1. The fourth-order valence-electron chi connectivity index (χ4n) is 3.83. The van der Waals surface area contributed by atoms with E-state index in [-0.39, 0.29) is 12.0 Å². The molecule has 1 amide bonds. The van der Waals surface area contributed by atoms with Crippen molar-refractivity contribution >= 4 is 5.91 Å². The molecule has 0 saturated carbocycles. The largest absolute Gasteiger partial charge is 0.375 e. The van der Waals surface area contributed by atoms with Crippen LogP contribution in [0.3, 0.4) is 0 Å². The fraction of sp³-hybridized carbons (Fsp3) is 0.500. The molecule has 0 aromatic carbocycles. The van der Waals surface area contributed by atoms with Gasteiger partial charge in [-0.1, -0.05) is 6.07 Å². The Morgan fingerprint density at radius 3 is 2.96 bits per heavy atom. The van der Waals surface area contributed by atoms with Crippen LogP contribution in [0.5, 0.6) is 0 Å². The van der Waals surface area contributed by atoms with E-state index in [4.69, 9.17) is 4.74 Å². The molecular weight excluding hydrogens is 318 g/mol. The first kappa shape index (κ1) is 16.2. The van der Waals surface area contributed by atoms with Crippen molar-refractivity contribution in [2.24, 2.45) is 0 Å². The van der Waals surface area contributed by atoms with Gasteiger partial charge in [0.15, 0.2) is 0 Å². The van der Waals surface area contributed by atoms with Crippen LogP contribution in [0.4, 0.5) is 0 Å². The summed E-state index contributed by atoms with van der Waals surface area (Å²) in [5.74, 6) is 0.0231. The Morgan fingerprint density at radius 1 is 1.24 bits per heavy atom. The first-order valence-electron chi connectivity index (χ1n) is 8.83. The van der Waals surface area contributed by atoms with Gasteiger partial charge >= 0.3 is 0 Å². The third-order valence-electron chi connectivity index (χ3n) is 5.11. The molecule has 0 aliphatic carbocycles. The Morgan fingerprint density at radius 2 is 2.16 bits per heavy atom. The molecule has 4 heterocycles. The number of rotatable bonds is 3. The van der Waals surface area contributed by atoms with Gasteiger partial charge in [0.25, 0.3) is 5.91 Å². The summed E-state index contributed by atoms with van der Waals surface area (Å²) in [6.07, 6.45) is 8.84. The third-order valence-corrected chi connectivity index (χ3v) is 5.11. The SMILES string of the molecule is O=C(c1cnc[nH]1)N1CC[C@@H]2OCCN(Cc3cccnc3)[C@H]2CC1. The molecule has 7 nitrogen and oxygen atoms in total. The van der Waals surface area contributed by atoms with Crippen molar-refractivity contribution in [3.8, 4) is 0 Å². The number of carbonyl (C=O) groups excluding carboxylic acids is 1. The summed E-state index contributed by atoms with van der Waals surface area (Å²) in [7, 11) is 0. The molecule has 1 N–H and O–H groups in total. The Hall–Kier alpha value is -2.25. The number of nitrogens with one attached hydrogen (secondary N) is 1. The van der Waals surface area contributed by atoms with Crippen LogP contribution in [0.1, 0.15) is 28.9 Å². The number of likely N-dealkylation sites (tertiary alicyclic amines) is 1. The van der Waals surface area contributed by atoms with Gasteiger partial charge in [-0.25, -0.2) is 4.98 Å².